The smallest absolute Gasteiger partial charge is 0.126 e. The lowest BCUT2D eigenvalue weighted by Crippen LogP contribution is -2.10. The first-order valence-corrected chi connectivity index (χ1v) is 7.40. The fourth-order valence-electron chi connectivity index (χ4n) is 2.52. The molecule has 2 N–H and O–H groups in total. The maximum atomic E-state index is 6.46. The second-order valence-electron chi connectivity index (χ2n) is 4.83. The van der Waals surface area contributed by atoms with Gasteiger partial charge in [0.2, 0.25) is 0 Å². The third-order valence-corrected chi connectivity index (χ3v) is 4.62. The maximum Gasteiger partial charge on any atom is 0.126 e. The van der Waals surface area contributed by atoms with E-state index in [4.69, 9.17) is 10.5 Å². The zero-order valence-corrected chi connectivity index (χ0v) is 12.4. The fourth-order valence-corrected chi connectivity index (χ4v) is 3.42. The summed E-state index contributed by atoms with van der Waals surface area (Å²) in [5.74, 6) is 0.888. The molecule has 2 aromatic carbocycles. The molecule has 1 atom stereocenters. The third-order valence-electron chi connectivity index (χ3n) is 3.54. The van der Waals surface area contributed by atoms with Crippen LogP contribution in [0.1, 0.15) is 21.4 Å². The molecule has 0 amide bonds. The van der Waals surface area contributed by atoms with Gasteiger partial charge in [0.05, 0.1) is 13.2 Å². The summed E-state index contributed by atoms with van der Waals surface area (Å²) in [5, 5.41) is 2.27. The number of hydrogen-bond donors (Lipinski definition) is 1. The van der Waals surface area contributed by atoms with Crippen molar-refractivity contribution < 1.29 is 4.74 Å². The average molecular weight is 283 g/mol. The molecule has 0 aliphatic heterocycles. The number of benzene rings is 2. The standard InChI is InChI=1S/C17H17NOS/c1-11-7-10-16(20-11)17(18)14-8-9-15(19-2)13-6-4-3-5-12(13)14/h3-10,17H,18H2,1-2H3. The van der Waals surface area contributed by atoms with Crippen molar-refractivity contribution in [3.8, 4) is 5.75 Å². The Bertz CT molecular complexity index is 748. The fraction of sp³-hybridized carbons (Fsp3) is 0.176. The largest absolute Gasteiger partial charge is 0.496 e. The van der Waals surface area contributed by atoms with E-state index in [-0.39, 0.29) is 6.04 Å². The Balaban J connectivity index is 2.17. The minimum Gasteiger partial charge on any atom is -0.496 e. The van der Waals surface area contributed by atoms with Crippen molar-refractivity contribution in [1.82, 2.24) is 0 Å². The molecular formula is C17H17NOS. The molecule has 3 rings (SSSR count). The highest BCUT2D eigenvalue weighted by Gasteiger charge is 2.15. The second-order valence-corrected chi connectivity index (χ2v) is 6.15. The zero-order chi connectivity index (χ0) is 14.1. The Labute approximate surface area is 122 Å². The highest BCUT2D eigenvalue weighted by atomic mass is 32.1. The van der Waals surface area contributed by atoms with E-state index < -0.39 is 0 Å². The van der Waals surface area contributed by atoms with Gasteiger partial charge in [-0.05, 0) is 36.1 Å². The summed E-state index contributed by atoms with van der Waals surface area (Å²) in [5.41, 5.74) is 7.60. The van der Waals surface area contributed by atoms with E-state index in [1.807, 2.05) is 18.2 Å². The van der Waals surface area contributed by atoms with Crippen LogP contribution in [0.4, 0.5) is 0 Å². The third kappa shape index (κ3) is 2.19. The van der Waals surface area contributed by atoms with Gasteiger partial charge in [-0.1, -0.05) is 30.3 Å². The molecule has 3 aromatic rings. The quantitative estimate of drug-likeness (QED) is 0.779. The highest BCUT2D eigenvalue weighted by molar-refractivity contribution is 7.12. The average Bonchev–Trinajstić information content (AvgIpc) is 2.92. The minimum absolute atomic E-state index is 0.0930. The molecule has 0 fully saturated rings. The van der Waals surface area contributed by atoms with E-state index in [1.165, 1.54) is 9.75 Å². The number of aryl methyl sites for hydroxylation is 1. The van der Waals surface area contributed by atoms with Crippen LogP contribution in [-0.2, 0) is 0 Å². The monoisotopic (exact) mass is 283 g/mol. The number of hydrogen-bond acceptors (Lipinski definition) is 3. The number of fused-ring (bicyclic) bond motifs is 1. The Kier molecular flexibility index (Phi) is 3.47. The predicted octanol–water partition coefficient (Wildman–Crippen LogP) is 4.27. The molecule has 3 heteroatoms. The van der Waals surface area contributed by atoms with Gasteiger partial charge in [0.1, 0.15) is 5.75 Å². The van der Waals surface area contributed by atoms with Gasteiger partial charge < -0.3 is 10.5 Å². The minimum atomic E-state index is -0.0930. The number of ether oxygens (including phenoxy) is 1. The lowest BCUT2D eigenvalue weighted by molar-refractivity contribution is 0.419. The van der Waals surface area contributed by atoms with E-state index in [1.54, 1.807) is 18.4 Å². The van der Waals surface area contributed by atoms with Crippen molar-refractivity contribution in [3.05, 3.63) is 63.8 Å². The maximum absolute atomic E-state index is 6.46. The highest BCUT2D eigenvalue weighted by Crippen LogP contribution is 2.34. The number of thiophene rings is 1. The first-order valence-electron chi connectivity index (χ1n) is 6.58. The van der Waals surface area contributed by atoms with E-state index in [2.05, 4.69) is 37.3 Å². The lowest BCUT2D eigenvalue weighted by Gasteiger charge is -2.15. The summed E-state index contributed by atoms with van der Waals surface area (Å²) in [6.07, 6.45) is 0. The van der Waals surface area contributed by atoms with Crippen LogP contribution in [0.5, 0.6) is 5.75 Å². The van der Waals surface area contributed by atoms with Gasteiger partial charge in [-0.15, -0.1) is 11.3 Å². The lowest BCUT2D eigenvalue weighted by atomic mass is 9.97. The van der Waals surface area contributed by atoms with Crippen molar-refractivity contribution in [2.45, 2.75) is 13.0 Å². The summed E-state index contributed by atoms with van der Waals surface area (Å²) in [6.45, 7) is 2.10. The molecule has 20 heavy (non-hydrogen) atoms. The van der Waals surface area contributed by atoms with Gasteiger partial charge in [0, 0.05) is 15.1 Å². The predicted molar refractivity (Wildman–Crippen MR) is 85.6 cm³/mol. The van der Waals surface area contributed by atoms with Gasteiger partial charge in [0.25, 0.3) is 0 Å². The van der Waals surface area contributed by atoms with Crippen molar-refractivity contribution in [1.29, 1.82) is 0 Å². The molecule has 0 aliphatic rings. The summed E-state index contributed by atoms with van der Waals surface area (Å²) in [7, 11) is 1.70. The first kappa shape index (κ1) is 13.2. The van der Waals surface area contributed by atoms with Crippen molar-refractivity contribution in [3.63, 3.8) is 0 Å². The number of methoxy groups -OCH3 is 1. The van der Waals surface area contributed by atoms with E-state index in [0.29, 0.717) is 0 Å². The Hall–Kier alpha value is -1.84. The molecule has 0 bridgehead atoms. The summed E-state index contributed by atoms with van der Waals surface area (Å²) in [6, 6.07) is 16.4. The van der Waals surface area contributed by atoms with Gasteiger partial charge in [-0.25, -0.2) is 0 Å². The SMILES string of the molecule is COc1ccc(C(N)c2ccc(C)s2)c2ccccc12. The zero-order valence-electron chi connectivity index (χ0n) is 11.6. The summed E-state index contributed by atoms with van der Waals surface area (Å²) >= 11 is 1.75. The van der Waals surface area contributed by atoms with Crippen LogP contribution in [-0.4, -0.2) is 7.11 Å². The van der Waals surface area contributed by atoms with Crippen molar-refractivity contribution in [2.75, 3.05) is 7.11 Å². The molecule has 0 spiro atoms. The van der Waals surface area contributed by atoms with Gasteiger partial charge in [-0.2, -0.15) is 0 Å². The van der Waals surface area contributed by atoms with Gasteiger partial charge >= 0.3 is 0 Å². The number of rotatable bonds is 3. The molecule has 1 aromatic heterocycles. The first-order chi connectivity index (χ1) is 9.70. The van der Waals surface area contributed by atoms with Gasteiger partial charge in [0.15, 0.2) is 0 Å². The van der Waals surface area contributed by atoms with Crippen LogP contribution in [0.2, 0.25) is 0 Å². The van der Waals surface area contributed by atoms with Crippen molar-refractivity contribution in [2.24, 2.45) is 5.73 Å². The molecule has 2 nitrogen and oxygen atoms in total. The molecule has 1 unspecified atom stereocenters. The van der Waals surface area contributed by atoms with E-state index in [0.717, 1.165) is 22.1 Å². The summed E-state index contributed by atoms with van der Waals surface area (Å²) in [4.78, 5) is 2.48. The topological polar surface area (TPSA) is 35.2 Å². The molecule has 0 aliphatic carbocycles. The molecule has 1 heterocycles. The van der Waals surface area contributed by atoms with Crippen LogP contribution >= 0.6 is 11.3 Å². The molecular weight excluding hydrogens is 266 g/mol. The molecule has 102 valence electrons. The van der Waals surface area contributed by atoms with E-state index >= 15 is 0 Å². The Morgan fingerprint density at radius 2 is 1.75 bits per heavy atom. The Morgan fingerprint density at radius 1 is 1.00 bits per heavy atom. The number of nitrogens with two attached hydrogens (primary N) is 1. The molecule has 0 saturated carbocycles. The van der Waals surface area contributed by atoms with E-state index in [9.17, 15) is 0 Å². The van der Waals surface area contributed by atoms with Crippen LogP contribution in [0.25, 0.3) is 10.8 Å². The van der Waals surface area contributed by atoms with Crippen molar-refractivity contribution >= 4 is 22.1 Å². The van der Waals surface area contributed by atoms with Crippen LogP contribution in [0.15, 0.2) is 48.5 Å². The van der Waals surface area contributed by atoms with Crippen LogP contribution < -0.4 is 10.5 Å². The van der Waals surface area contributed by atoms with Crippen LogP contribution in [0, 0.1) is 6.92 Å². The Morgan fingerprint density at radius 3 is 2.40 bits per heavy atom. The van der Waals surface area contributed by atoms with Crippen LogP contribution in [0.3, 0.4) is 0 Å². The molecule has 0 radical (unpaired) electrons. The second kappa shape index (κ2) is 5.27. The van der Waals surface area contributed by atoms with Gasteiger partial charge in [-0.3, -0.25) is 0 Å². The normalized spacial score (nSPS) is 12.6. The summed E-state index contributed by atoms with van der Waals surface area (Å²) < 4.78 is 5.43. The molecule has 0 saturated heterocycles.